The maximum Gasteiger partial charge on any atom is 0.0484 e. The predicted octanol–water partition coefficient (Wildman–Crippen LogP) is 8.60. The number of benzene rings is 4. The molecule has 0 bridgehead atoms. The quantitative estimate of drug-likeness (QED) is 0.136. The molecule has 0 spiro atoms. The van der Waals surface area contributed by atoms with Crippen LogP contribution in [0.3, 0.4) is 0 Å². The molecular formula is C34H29IrN3-2. The third-order valence-electron chi connectivity index (χ3n) is 7.09. The first-order chi connectivity index (χ1) is 18.0. The summed E-state index contributed by atoms with van der Waals surface area (Å²) >= 11 is 0. The van der Waals surface area contributed by atoms with E-state index >= 15 is 0 Å². The fourth-order valence-electron chi connectivity index (χ4n) is 5.26. The monoisotopic (exact) mass is 672 g/mol. The molecule has 191 valence electrons. The molecule has 0 aliphatic carbocycles. The number of fused-ring (bicyclic) bond motifs is 3. The SMILES string of the molecule is CCn1c2cc(C(C)(C)C)cc3c4ccc[c-]c4c4nccc1c4c32.[Ir].[c-]1ccccc1-c1ccccn1. The fourth-order valence-corrected chi connectivity index (χ4v) is 5.26. The van der Waals surface area contributed by atoms with Gasteiger partial charge < -0.3 is 14.5 Å². The predicted molar refractivity (Wildman–Crippen MR) is 155 cm³/mol. The molecule has 0 aliphatic heterocycles. The van der Waals surface area contributed by atoms with Crippen molar-refractivity contribution in [1.29, 1.82) is 0 Å². The smallest absolute Gasteiger partial charge is 0.0484 e. The standard InChI is InChI=1S/C23H21N2.C11H8N.Ir/c1-5-25-18-10-11-24-22-16-9-7-6-8-15(16)17-12-14(23(2,3)4)13-19(25)20(17)21(18)22;1-2-6-10(7-3-1)11-8-4-5-9-12-11;/h6-8,10-13H,5H2,1-4H3;1-6,8-9H;/q2*-1;. The normalized spacial score (nSPS) is 11.6. The molecule has 0 saturated heterocycles. The van der Waals surface area contributed by atoms with Gasteiger partial charge in [0.15, 0.2) is 0 Å². The summed E-state index contributed by atoms with van der Waals surface area (Å²) in [6.07, 6.45) is 3.72. The van der Waals surface area contributed by atoms with Gasteiger partial charge in [0, 0.05) is 50.1 Å². The molecule has 0 unspecified atom stereocenters. The number of rotatable bonds is 2. The van der Waals surface area contributed by atoms with Gasteiger partial charge in [-0.3, -0.25) is 0 Å². The minimum absolute atomic E-state index is 0. The molecule has 0 saturated carbocycles. The Labute approximate surface area is 237 Å². The molecule has 0 amide bonds. The van der Waals surface area contributed by atoms with Gasteiger partial charge in [-0.15, -0.1) is 65.5 Å². The topological polar surface area (TPSA) is 30.7 Å². The van der Waals surface area contributed by atoms with Gasteiger partial charge in [-0.1, -0.05) is 49.7 Å². The van der Waals surface area contributed by atoms with Crippen molar-refractivity contribution in [3.63, 3.8) is 0 Å². The zero-order chi connectivity index (χ0) is 25.6. The Kier molecular flexibility index (Phi) is 7.05. The Morgan fingerprint density at radius 1 is 0.763 bits per heavy atom. The van der Waals surface area contributed by atoms with Gasteiger partial charge in [0.2, 0.25) is 0 Å². The molecule has 4 aromatic carbocycles. The molecular weight excluding hydrogens is 643 g/mol. The molecule has 7 rings (SSSR count). The Morgan fingerprint density at radius 3 is 2.29 bits per heavy atom. The second-order valence-electron chi connectivity index (χ2n) is 10.4. The zero-order valence-electron chi connectivity index (χ0n) is 22.0. The van der Waals surface area contributed by atoms with E-state index in [2.05, 4.69) is 79.7 Å². The molecule has 3 heterocycles. The summed E-state index contributed by atoms with van der Waals surface area (Å²) in [4.78, 5) is 8.95. The third-order valence-corrected chi connectivity index (χ3v) is 7.09. The Bertz CT molecular complexity index is 1790. The van der Waals surface area contributed by atoms with E-state index in [1.807, 2.05) is 54.7 Å². The number of nitrogens with zero attached hydrogens (tertiary/aromatic N) is 3. The summed E-state index contributed by atoms with van der Waals surface area (Å²) in [5.41, 5.74) is 7.16. The van der Waals surface area contributed by atoms with Crippen molar-refractivity contribution in [2.75, 3.05) is 0 Å². The van der Waals surface area contributed by atoms with E-state index in [1.165, 1.54) is 38.1 Å². The van der Waals surface area contributed by atoms with Crippen LogP contribution in [0.4, 0.5) is 0 Å². The van der Waals surface area contributed by atoms with E-state index in [9.17, 15) is 0 Å². The molecule has 1 radical (unpaired) electrons. The Morgan fingerprint density at radius 2 is 1.58 bits per heavy atom. The van der Waals surface area contributed by atoms with Gasteiger partial charge in [-0.05, 0) is 58.1 Å². The molecule has 0 fully saturated rings. The number of aryl methyl sites for hydroxylation is 1. The van der Waals surface area contributed by atoms with Crippen LogP contribution in [0, 0.1) is 12.1 Å². The molecule has 3 aromatic heterocycles. The van der Waals surface area contributed by atoms with E-state index in [4.69, 9.17) is 4.98 Å². The van der Waals surface area contributed by atoms with Crippen molar-refractivity contribution < 1.29 is 20.1 Å². The maximum absolute atomic E-state index is 4.74. The third kappa shape index (κ3) is 4.38. The van der Waals surface area contributed by atoms with Gasteiger partial charge in [0.25, 0.3) is 0 Å². The van der Waals surface area contributed by atoms with Crippen molar-refractivity contribution in [2.24, 2.45) is 0 Å². The van der Waals surface area contributed by atoms with Gasteiger partial charge in [-0.2, -0.15) is 0 Å². The van der Waals surface area contributed by atoms with Crippen molar-refractivity contribution in [3.8, 4) is 11.3 Å². The van der Waals surface area contributed by atoms with Crippen LogP contribution in [0.5, 0.6) is 0 Å². The largest absolute Gasteiger partial charge is 0.341 e. The maximum atomic E-state index is 4.74. The summed E-state index contributed by atoms with van der Waals surface area (Å²) < 4.78 is 2.43. The Hall–Kier alpha value is -3.59. The summed E-state index contributed by atoms with van der Waals surface area (Å²) in [5, 5.41) is 6.33. The van der Waals surface area contributed by atoms with Crippen LogP contribution in [0.1, 0.15) is 33.3 Å². The van der Waals surface area contributed by atoms with E-state index < -0.39 is 0 Å². The van der Waals surface area contributed by atoms with Gasteiger partial charge in [0.05, 0.1) is 0 Å². The van der Waals surface area contributed by atoms with E-state index in [1.54, 1.807) is 6.20 Å². The van der Waals surface area contributed by atoms with Crippen LogP contribution in [-0.2, 0) is 32.1 Å². The van der Waals surface area contributed by atoms with Crippen LogP contribution in [0.25, 0.3) is 54.7 Å². The van der Waals surface area contributed by atoms with Crippen molar-refractivity contribution in [3.05, 3.63) is 109 Å². The molecule has 0 aliphatic rings. The van der Waals surface area contributed by atoms with Crippen LogP contribution in [-0.4, -0.2) is 14.5 Å². The molecule has 3 nitrogen and oxygen atoms in total. The summed E-state index contributed by atoms with van der Waals surface area (Å²) in [7, 11) is 0. The van der Waals surface area contributed by atoms with Gasteiger partial charge >= 0.3 is 0 Å². The van der Waals surface area contributed by atoms with Crippen LogP contribution in [0.15, 0.2) is 91.3 Å². The Balaban J connectivity index is 0.000000191. The van der Waals surface area contributed by atoms with Crippen molar-refractivity contribution in [1.82, 2.24) is 14.5 Å². The van der Waals surface area contributed by atoms with E-state index in [0.29, 0.717) is 0 Å². The fraction of sp³-hybridized carbons (Fsp3) is 0.176. The van der Waals surface area contributed by atoms with Gasteiger partial charge in [-0.25, -0.2) is 0 Å². The second-order valence-corrected chi connectivity index (χ2v) is 10.4. The number of pyridine rings is 2. The molecule has 0 N–H and O–H groups in total. The summed E-state index contributed by atoms with van der Waals surface area (Å²) in [6, 6.07) is 33.5. The number of hydrogen-bond acceptors (Lipinski definition) is 2. The van der Waals surface area contributed by atoms with Crippen LogP contribution < -0.4 is 0 Å². The van der Waals surface area contributed by atoms with Crippen molar-refractivity contribution in [2.45, 2.75) is 39.7 Å². The average Bonchev–Trinajstić information content (AvgIpc) is 3.27. The molecule has 0 atom stereocenters. The number of hydrogen-bond donors (Lipinski definition) is 0. The zero-order valence-corrected chi connectivity index (χ0v) is 24.4. The minimum Gasteiger partial charge on any atom is -0.341 e. The molecule has 4 heteroatoms. The van der Waals surface area contributed by atoms with Crippen LogP contribution >= 0.6 is 0 Å². The minimum atomic E-state index is 0. The summed E-state index contributed by atoms with van der Waals surface area (Å²) in [5.74, 6) is 0. The van der Waals surface area contributed by atoms with E-state index in [-0.39, 0.29) is 25.5 Å². The van der Waals surface area contributed by atoms with E-state index in [0.717, 1.165) is 28.7 Å². The first-order valence-corrected chi connectivity index (χ1v) is 12.8. The van der Waals surface area contributed by atoms with Gasteiger partial charge in [0.1, 0.15) is 0 Å². The van der Waals surface area contributed by atoms with Crippen molar-refractivity contribution >= 4 is 43.5 Å². The molecule has 7 aromatic rings. The summed E-state index contributed by atoms with van der Waals surface area (Å²) in [6.45, 7) is 10.0. The van der Waals surface area contributed by atoms with Crippen LogP contribution in [0.2, 0.25) is 0 Å². The number of aromatic nitrogens is 3. The molecule has 38 heavy (non-hydrogen) atoms. The average molecular weight is 672 g/mol. The first kappa shape index (κ1) is 26.0. The second kappa shape index (κ2) is 10.3. The first-order valence-electron chi connectivity index (χ1n) is 12.8.